The van der Waals surface area contributed by atoms with Crippen molar-refractivity contribution in [1.29, 1.82) is 0 Å². The molecule has 1 heterocycles. The molecule has 0 unspecified atom stereocenters. The van der Waals surface area contributed by atoms with E-state index in [-0.39, 0.29) is 5.54 Å². The zero-order chi connectivity index (χ0) is 12.3. The molecule has 2 aromatic rings. The van der Waals surface area contributed by atoms with Crippen molar-refractivity contribution in [1.82, 2.24) is 10.3 Å². The van der Waals surface area contributed by atoms with Crippen molar-refractivity contribution < 1.29 is 0 Å². The standard InChI is InChI=1S/C15H22N2/c1-4-15(3,5-2)17-11-12-6-7-13-8-9-16-14(13)10-12/h6-10,16-17H,4-5,11H2,1-3H3. The molecule has 0 aliphatic heterocycles. The minimum absolute atomic E-state index is 0.255. The number of rotatable bonds is 5. The highest BCUT2D eigenvalue weighted by Gasteiger charge is 2.17. The van der Waals surface area contributed by atoms with Gasteiger partial charge in [-0.2, -0.15) is 0 Å². The zero-order valence-electron chi connectivity index (χ0n) is 11.0. The molecule has 0 amide bonds. The fourth-order valence-corrected chi connectivity index (χ4v) is 2.02. The van der Waals surface area contributed by atoms with Gasteiger partial charge in [-0.3, -0.25) is 0 Å². The Hall–Kier alpha value is -1.28. The zero-order valence-corrected chi connectivity index (χ0v) is 11.0. The van der Waals surface area contributed by atoms with Crippen molar-refractivity contribution in [2.24, 2.45) is 0 Å². The van der Waals surface area contributed by atoms with E-state index < -0.39 is 0 Å². The lowest BCUT2D eigenvalue weighted by Crippen LogP contribution is -2.40. The highest BCUT2D eigenvalue weighted by Crippen LogP contribution is 2.17. The summed E-state index contributed by atoms with van der Waals surface area (Å²) in [4.78, 5) is 3.26. The summed E-state index contributed by atoms with van der Waals surface area (Å²) in [7, 11) is 0. The molecule has 0 fully saturated rings. The monoisotopic (exact) mass is 230 g/mol. The molecule has 17 heavy (non-hydrogen) atoms. The molecule has 1 aromatic heterocycles. The second-order valence-electron chi connectivity index (χ2n) is 5.02. The van der Waals surface area contributed by atoms with Crippen LogP contribution in [0.15, 0.2) is 30.5 Å². The van der Waals surface area contributed by atoms with E-state index >= 15 is 0 Å². The first-order chi connectivity index (χ1) is 8.17. The van der Waals surface area contributed by atoms with Crippen molar-refractivity contribution in [2.75, 3.05) is 0 Å². The Bertz CT molecular complexity index is 480. The fraction of sp³-hybridized carbons (Fsp3) is 0.467. The molecule has 92 valence electrons. The van der Waals surface area contributed by atoms with Gasteiger partial charge in [0.05, 0.1) is 0 Å². The summed E-state index contributed by atoms with van der Waals surface area (Å²) in [5, 5.41) is 4.93. The van der Waals surface area contributed by atoms with E-state index in [0.717, 1.165) is 19.4 Å². The predicted molar refractivity (Wildman–Crippen MR) is 74.1 cm³/mol. The van der Waals surface area contributed by atoms with Gasteiger partial charge >= 0.3 is 0 Å². The number of hydrogen-bond acceptors (Lipinski definition) is 1. The van der Waals surface area contributed by atoms with Gasteiger partial charge < -0.3 is 10.3 Å². The Morgan fingerprint density at radius 1 is 1.18 bits per heavy atom. The molecule has 2 nitrogen and oxygen atoms in total. The lowest BCUT2D eigenvalue weighted by Gasteiger charge is -2.28. The number of aromatic amines is 1. The van der Waals surface area contributed by atoms with Gasteiger partial charge in [0, 0.05) is 23.8 Å². The van der Waals surface area contributed by atoms with Gasteiger partial charge in [-0.15, -0.1) is 0 Å². The van der Waals surface area contributed by atoms with Crippen LogP contribution in [0.4, 0.5) is 0 Å². The van der Waals surface area contributed by atoms with Crippen molar-refractivity contribution in [3.63, 3.8) is 0 Å². The van der Waals surface area contributed by atoms with Crippen LogP contribution < -0.4 is 5.32 Å². The summed E-state index contributed by atoms with van der Waals surface area (Å²) in [5.41, 5.74) is 2.82. The molecule has 0 atom stereocenters. The summed E-state index contributed by atoms with van der Waals surface area (Å²) in [6.45, 7) is 7.71. The molecular formula is C15H22N2. The van der Waals surface area contributed by atoms with Crippen LogP contribution in [0.25, 0.3) is 10.9 Å². The lowest BCUT2D eigenvalue weighted by atomic mass is 9.95. The van der Waals surface area contributed by atoms with Crippen LogP contribution in [-0.4, -0.2) is 10.5 Å². The van der Waals surface area contributed by atoms with Gasteiger partial charge in [0.1, 0.15) is 0 Å². The molecule has 0 aliphatic rings. The molecule has 0 bridgehead atoms. The first kappa shape index (κ1) is 12.2. The van der Waals surface area contributed by atoms with E-state index in [0.29, 0.717) is 0 Å². The van der Waals surface area contributed by atoms with E-state index in [1.165, 1.54) is 16.5 Å². The van der Waals surface area contributed by atoms with Gasteiger partial charge in [-0.25, -0.2) is 0 Å². The summed E-state index contributed by atoms with van der Waals surface area (Å²) >= 11 is 0. The summed E-state index contributed by atoms with van der Waals surface area (Å²) in [5.74, 6) is 0. The molecular weight excluding hydrogens is 208 g/mol. The largest absolute Gasteiger partial charge is 0.361 e. The Labute approximate surface area is 103 Å². The number of hydrogen-bond donors (Lipinski definition) is 2. The molecule has 0 aliphatic carbocycles. The number of aromatic nitrogens is 1. The average Bonchev–Trinajstić information content (AvgIpc) is 2.83. The highest BCUT2D eigenvalue weighted by atomic mass is 15.0. The summed E-state index contributed by atoms with van der Waals surface area (Å²) in [6, 6.07) is 8.72. The van der Waals surface area contributed by atoms with Crippen molar-refractivity contribution in [3.8, 4) is 0 Å². The van der Waals surface area contributed by atoms with Crippen molar-refractivity contribution in [3.05, 3.63) is 36.0 Å². The minimum Gasteiger partial charge on any atom is -0.361 e. The molecule has 0 radical (unpaired) electrons. The predicted octanol–water partition coefficient (Wildman–Crippen LogP) is 3.84. The molecule has 1 aromatic carbocycles. The van der Waals surface area contributed by atoms with Gasteiger partial charge in [0.25, 0.3) is 0 Å². The normalized spacial score (nSPS) is 12.2. The van der Waals surface area contributed by atoms with Crippen LogP contribution >= 0.6 is 0 Å². The average molecular weight is 230 g/mol. The topological polar surface area (TPSA) is 27.8 Å². The summed E-state index contributed by atoms with van der Waals surface area (Å²) < 4.78 is 0. The number of benzene rings is 1. The molecule has 0 saturated heterocycles. The van der Waals surface area contributed by atoms with Crippen LogP contribution in [0.3, 0.4) is 0 Å². The van der Waals surface area contributed by atoms with Crippen LogP contribution in [0.2, 0.25) is 0 Å². The van der Waals surface area contributed by atoms with E-state index in [2.05, 4.69) is 55.3 Å². The van der Waals surface area contributed by atoms with E-state index in [1.807, 2.05) is 6.20 Å². The molecule has 0 spiro atoms. The third-order valence-corrected chi connectivity index (χ3v) is 3.90. The first-order valence-corrected chi connectivity index (χ1v) is 6.48. The SMILES string of the molecule is CCC(C)(CC)NCc1ccc2cc[nH]c2c1. The van der Waals surface area contributed by atoms with Gasteiger partial charge in [0.2, 0.25) is 0 Å². The van der Waals surface area contributed by atoms with E-state index in [4.69, 9.17) is 0 Å². The van der Waals surface area contributed by atoms with Crippen molar-refractivity contribution in [2.45, 2.75) is 45.7 Å². The molecule has 2 N–H and O–H groups in total. The van der Waals surface area contributed by atoms with Crippen molar-refractivity contribution >= 4 is 10.9 Å². The Morgan fingerprint density at radius 3 is 2.65 bits per heavy atom. The molecule has 2 rings (SSSR count). The lowest BCUT2D eigenvalue weighted by molar-refractivity contribution is 0.329. The molecule has 2 heteroatoms. The third-order valence-electron chi connectivity index (χ3n) is 3.90. The Kier molecular flexibility index (Phi) is 3.53. The van der Waals surface area contributed by atoms with Gasteiger partial charge in [-0.05, 0) is 42.8 Å². The maximum atomic E-state index is 3.65. The first-order valence-electron chi connectivity index (χ1n) is 6.48. The maximum Gasteiger partial charge on any atom is 0.0457 e. The van der Waals surface area contributed by atoms with E-state index in [9.17, 15) is 0 Å². The third kappa shape index (κ3) is 2.70. The second kappa shape index (κ2) is 4.92. The number of fused-ring (bicyclic) bond motifs is 1. The number of nitrogens with one attached hydrogen (secondary N) is 2. The minimum atomic E-state index is 0.255. The highest BCUT2D eigenvalue weighted by molar-refractivity contribution is 5.79. The smallest absolute Gasteiger partial charge is 0.0457 e. The van der Waals surface area contributed by atoms with Crippen LogP contribution in [0, 0.1) is 0 Å². The number of H-pyrrole nitrogens is 1. The van der Waals surface area contributed by atoms with Crippen LogP contribution in [0.1, 0.15) is 39.2 Å². The van der Waals surface area contributed by atoms with Crippen LogP contribution in [0.5, 0.6) is 0 Å². The Morgan fingerprint density at radius 2 is 1.94 bits per heavy atom. The second-order valence-corrected chi connectivity index (χ2v) is 5.02. The van der Waals surface area contributed by atoms with Gasteiger partial charge in [0.15, 0.2) is 0 Å². The van der Waals surface area contributed by atoms with E-state index in [1.54, 1.807) is 0 Å². The van der Waals surface area contributed by atoms with Gasteiger partial charge in [-0.1, -0.05) is 26.0 Å². The molecule has 0 saturated carbocycles. The fourth-order valence-electron chi connectivity index (χ4n) is 2.02. The quantitative estimate of drug-likeness (QED) is 0.802. The van der Waals surface area contributed by atoms with Crippen LogP contribution in [-0.2, 0) is 6.54 Å². The summed E-state index contributed by atoms with van der Waals surface area (Å²) in [6.07, 6.45) is 4.31. The maximum absolute atomic E-state index is 3.65. The Balaban J connectivity index is 2.08.